The highest BCUT2D eigenvalue weighted by Gasteiger charge is 2.31. The van der Waals surface area contributed by atoms with Gasteiger partial charge in [-0.15, -0.1) is 11.3 Å². The molecular weight excluding hydrogens is 509 g/mol. The van der Waals surface area contributed by atoms with Gasteiger partial charge < -0.3 is 14.8 Å². The van der Waals surface area contributed by atoms with Gasteiger partial charge in [-0.1, -0.05) is 18.2 Å². The van der Waals surface area contributed by atoms with Crippen molar-refractivity contribution in [3.8, 4) is 6.07 Å². The largest absolute Gasteiger partial charge is 0.771 e. The fraction of sp³-hybridized carbons (Fsp3) is 0.190. The van der Waals surface area contributed by atoms with E-state index in [4.69, 9.17) is 5.26 Å². The summed E-state index contributed by atoms with van der Waals surface area (Å²) >= 11 is -1.56. The van der Waals surface area contributed by atoms with Crippen molar-refractivity contribution in [2.24, 2.45) is 0 Å². The van der Waals surface area contributed by atoms with Gasteiger partial charge in [-0.2, -0.15) is 18.4 Å². The summed E-state index contributed by atoms with van der Waals surface area (Å²) in [5.41, 5.74) is -3.12. The molecule has 3 rings (SSSR count). The second-order valence-corrected chi connectivity index (χ2v) is 9.94. The summed E-state index contributed by atoms with van der Waals surface area (Å²) in [6.07, 6.45) is 0. The molecule has 0 fully saturated rings. The van der Waals surface area contributed by atoms with E-state index in [1.165, 1.54) is 12.1 Å². The van der Waals surface area contributed by atoms with Crippen molar-refractivity contribution in [2.75, 3.05) is 10.8 Å². The lowest BCUT2D eigenvalue weighted by Gasteiger charge is -2.23. The Morgan fingerprint density at radius 3 is 2.56 bits per heavy atom. The van der Waals surface area contributed by atoms with Crippen molar-refractivity contribution in [3.63, 3.8) is 0 Å². The molecule has 0 aliphatic rings. The third kappa shape index (κ3) is 6.80. The van der Waals surface area contributed by atoms with Crippen molar-refractivity contribution in [2.45, 2.75) is 23.9 Å². The topological polar surface area (TPSA) is 109 Å². The van der Waals surface area contributed by atoms with E-state index in [1.54, 1.807) is 48.2 Å². The van der Waals surface area contributed by atoms with Gasteiger partial charge in [0.1, 0.15) is 5.69 Å². The molecule has 13 heteroatoms. The molecule has 1 heterocycles. The molecule has 1 aromatic heterocycles. The number of aromatic nitrogens is 1. The van der Waals surface area contributed by atoms with Gasteiger partial charge in [0, 0.05) is 15.5 Å². The van der Waals surface area contributed by atoms with Crippen LogP contribution in [-0.2, 0) is 17.6 Å². The second-order valence-electron chi connectivity index (χ2n) is 6.76. The fourth-order valence-corrected chi connectivity index (χ4v) is 4.77. The molecule has 7 nitrogen and oxygen atoms in total. The number of carbonyl (C=O) groups excluding carboxylic acids is 1. The maximum Gasteiger partial charge on any atom is 0.446 e. The van der Waals surface area contributed by atoms with Crippen molar-refractivity contribution in [3.05, 3.63) is 70.2 Å². The molecule has 0 saturated carbocycles. The maximum atomic E-state index is 13.1. The Hall–Kier alpha value is -2.92. The number of hydrogen-bond donors (Lipinski definition) is 1. The quantitative estimate of drug-likeness (QED) is 0.331. The summed E-state index contributed by atoms with van der Waals surface area (Å²) in [4.78, 5) is 18.9. The number of amides is 1. The van der Waals surface area contributed by atoms with Gasteiger partial charge in [-0.05, 0) is 65.7 Å². The third-order valence-corrected chi connectivity index (χ3v) is 6.64. The Labute approximate surface area is 203 Å². The lowest BCUT2D eigenvalue weighted by atomic mass is 10.1. The molecular formula is C21H16F3N4O3S3-. The number of thioether (sulfide) groups is 1. The van der Waals surface area contributed by atoms with Gasteiger partial charge in [-0.25, -0.2) is 4.98 Å². The zero-order chi connectivity index (χ0) is 24.9. The zero-order valence-corrected chi connectivity index (χ0v) is 19.9. The third-order valence-electron chi connectivity index (χ3n) is 4.42. The molecule has 1 unspecified atom stereocenters. The highest BCUT2D eigenvalue weighted by atomic mass is 32.2. The molecule has 0 bridgehead atoms. The number of nitrogens with one attached hydrogen (secondary N) is 1. The number of hydrogen-bond acceptors (Lipinski definition) is 8. The first-order valence-corrected chi connectivity index (χ1v) is 12.4. The van der Waals surface area contributed by atoms with Crippen molar-refractivity contribution in [1.82, 2.24) is 10.3 Å². The number of halogens is 3. The predicted octanol–water partition coefficient (Wildman–Crippen LogP) is 4.84. The van der Waals surface area contributed by atoms with Crippen LogP contribution in [0.1, 0.15) is 26.5 Å². The standard InChI is InChI=1S/C21H17F3N4O3S3/c1-13-18(19(29)26-12-34(30)31)27-20(32-13)28(16-8-6-14(10-25)7-9-16)11-15-4-2-3-5-17(15)33-21(22,23)24/h2-9H,11-12H2,1H3,(H,26,29)(H,30,31)/p-1. The summed E-state index contributed by atoms with van der Waals surface area (Å²) in [5, 5.41) is 11.6. The molecule has 1 amide bonds. The zero-order valence-electron chi connectivity index (χ0n) is 17.5. The average Bonchev–Trinajstić information content (AvgIpc) is 3.17. The van der Waals surface area contributed by atoms with Gasteiger partial charge in [0.25, 0.3) is 5.91 Å². The normalized spacial score (nSPS) is 12.1. The van der Waals surface area contributed by atoms with Crippen LogP contribution in [0.15, 0.2) is 53.4 Å². The Morgan fingerprint density at radius 2 is 1.94 bits per heavy atom. The summed E-state index contributed by atoms with van der Waals surface area (Å²) < 4.78 is 60.8. The Morgan fingerprint density at radius 1 is 1.26 bits per heavy atom. The Bertz CT molecular complexity index is 1240. The van der Waals surface area contributed by atoms with Crippen molar-refractivity contribution >= 4 is 50.9 Å². The molecule has 1 atom stereocenters. The Kier molecular flexibility index (Phi) is 8.32. The molecule has 1 N–H and O–H groups in total. The van der Waals surface area contributed by atoms with E-state index >= 15 is 0 Å². The Balaban J connectivity index is 2.01. The summed E-state index contributed by atoms with van der Waals surface area (Å²) in [5.74, 6) is -1.26. The van der Waals surface area contributed by atoms with Crippen LogP contribution in [0.25, 0.3) is 0 Å². The van der Waals surface area contributed by atoms with E-state index in [0.717, 1.165) is 11.3 Å². The highest BCUT2D eigenvalue weighted by Crippen LogP contribution is 2.40. The first kappa shape index (κ1) is 25.7. The molecule has 0 saturated heterocycles. The average molecular weight is 526 g/mol. The minimum absolute atomic E-state index is 0.00371. The number of aryl methyl sites for hydroxylation is 1. The van der Waals surface area contributed by atoms with Crippen LogP contribution in [0.3, 0.4) is 0 Å². The summed E-state index contributed by atoms with van der Waals surface area (Å²) in [7, 11) is 0. The van der Waals surface area contributed by atoms with Crippen LogP contribution in [0.2, 0.25) is 0 Å². The molecule has 2 aromatic carbocycles. The van der Waals surface area contributed by atoms with Gasteiger partial charge in [0.2, 0.25) is 0 Å². The molecule has 0 spiro atoms. The van der Waals surface area contributed by atoms with Gasteiger partial charge >= 0.3 is 5.51 Å². The van der Waals surface area contributed by atoms with E-state index in [9.17, 15) is 26.7 Å². The summed E-state index contributed by atoms with van der Waals surface area (Å²) in [6.45, 7) is 1.64. The van der Waals surface area contributed by atoms with E-state index in [0.29, 0.717) is 26.8 Å². The number of carbonyl (C=O) groups is 1. The van der Waals surface area contributed by atoms with Crippen LogP contribution in [-0.4, -0.2) is 31.0 Å². The first-order valence-electron chi connectivity index (χ1n) is 9.50. The van der Waals surface area contributed by atoms with Crippen LogP contribution in [0.5, 0.6) is 0 Å². The summed E-state index contributed by atoms with van der Waals surface area (Å²) in [6, 6.07) is 14.5. The fourth-order valence-electron chi connectivity index (χ4n) is 2.93. The van der Waals surface area contributed by atoms with Crippen LogP contribution in [0, 0.1) is 18.3 Å². The predicted molar refractivity (Wildman–Crippen MR) is 123 cm³/mol. The molecule has 0 aliphatic heterocycles. The van der Waals surface area contributed by atoms with E-state index in [-0.39, 0.29) is 28.9 Å². The molecule has 178 valence electrons. The number of rotatable bonds is 8. The first-order chi connectivity index (χ1) is 16.1. The highest BCUT2D eigenvalue weighted by molar-refractivity contribution is 8.00. The van der Waals surface area contributed by atoms with E-state index < -0.39 is 28.4 Å². The molecule has 0 aliphatic carbocycles. The molecule has 34 heavy (non-hydrogen) atoms. The smallest absolute Gasteiger partial charge is 0.446 e. The van der Waals surface area contributed by atoms with Gasteiger partial charge in [0.05, 0.1) is 24.1 Å². The van der Waals surface area contributed by atoms with Crippen LogP contribution in [0.4, 0.5) is 24.0 Å². The number of benzene rings is 2. The number of nitriles is 1. The SMILES string of the molecule is Cc1sc(N(Cc2ccccc2SC(F)(F)F)c2ccc(C#N)cc2)nc1C(=O)NCS(=O)[O-]. The van der Waals surface area contributed by atoms with E-state index in [2.05, 4.69) is 10.3 Å². The van der Waals surface area contributed by atoms with Gasteiger partial charge in [0.15, 0.2) is 5.13 Å². The molecule has 3 aromatic rings. The number of thiazole rings is 1. The number of anilines is 2. The number of alkyl halides is 3. The lowest BCUT2D eigenvalue weighted by Crippen LogP contribution is -2.27. The minimum atomic E-state index is -4.47. The number of nitrogens with zero attached hydrogens (tertiary/aromatic N) is 3. The van der Waals surface area contributed by atoms with Crippen LogP contribution < -0.4 is 10.2 Å². The maximum absolute atomic E-state index is 13.1. The van der Waals surface area contributed by atoms with Crippen LogP contribution >= 0.6 is 23.1 Å². The van der Waals surface area contributed by atoms with E-state index in [1.807, 2.05) is 6.07 Å². The monoisotopic (exact) mass is 525 g/mol. The molecule has 0 radical (unpaired) electrons. The lowest BCUT2D eigenvalue weighted by molar-refractivity contribution is -0.0328. The second kappa shape index (κ2) is 11.0. The minimum Gasteiger partial charge on any atom is -0.771 e. The van der Waals surface area contributed by atoms with Gasteiger partial charge in [-0.3, -0.25) is 9.00 Å². The van der Waals surface area contributed by atoms with Crippen molar-refractivity contribution < 1.29 is 26.7 Å². The van der Waals surface area contributed by atoms with Crippen molar-refractivity contribution in [1.29, 1.82) is 5.26 Å².